The zero-order valence-corrected chi connectivity index (χ0v) is 10.0. The van der Waals surface area contributed by atoms with Crippen molar-refractivity contribution in [3.8, 4) is 0 Å². The topological polar surface area (TPSA) is 37.4 Å². The van der Waals surface area contributed by atoms with Gasteiger partial charge in [-0.25, -0.2) is 12.7 Å². The van der Waals surface area contributed by atoms with E-state index in [9.17, 15) is 8.42 Å². The molecule has 0 radical (unpaired) electrons. The van der Waals surface area contributed by atoms with Crippen LogP contribution in [0.5, 0.6) is 0 Å². The molecule has 80 valence electrons. The van der Waals surface area contributed by atoms with E-state index in [0.29, 0.717) is 19.0 Å². The Morgan fingerprint density at radius 3 is 2.23 bits per heavy atom. The molecule has 0 N–H and O–H groups in total. The van der Waals surface area contributed by atoms with Crippen LogP contribution >= 0.6 is 11.6 Å². The van der Waals surface area contributed by atoms with Crippen molar-refractivity contribution in [1.29, 1.82) is 0 Å². The standard InChI is InChI=1S/C8H18ClNO2S/c1-4-10(6-5-9)13(11,12)7-8(2)3/h8H,4-7H2,1-3H3. The minimum absolute atomic E-state index is 0.161. The third-order valence-electron chi connectivity index (χ3n) is 1.62. The maximum atomic E-state index is 11.6. The average molecular weight is 228 g/mol. The molecule has 0 aromatic carbocycles. The minimum atomic E-state index is -3.08. The molecule has 0 aliphatic rings. The number of alkyl halides is 1. The lowest BCUT2D eigenvalue weighted by Gasteiger charge is -2.20. The number of halogens is 1. The van der Waals surface area contributed by atoms with Crippen LogP contribution in [0.15, 0.2) is 0 Å². The van der Waals surface area contributed by atoms with Crippen LogP contribution < -0.4 is 0 Å². The second kappa shape index (κ2) is 5.83. The molecule has 0 aromatic heterocycles. The third kappa shape index (κ3) is 4.84. The lowest BCUT2D eigenvalue weighted by Crippen LogP contribution is -2.35. The first-order valence-electron chi connectivity index (χ1n) is 4.47. The van der Waals surface area contributed by atoms with E-state index in [0.717, 1.165) is 0 Å². The van der Waals surface area contributed by atoms with Gasteiger partial charge in [0.15, 0.2) is 0 Å². The molecule has 0 amide bonds. The number of sulfonamides is 1. The summed E-state index contributed by atoms with van der Waals surface area (Å²) in [4.78, 5) is 0. The van der Waals surface area contributed by atoms with Gasteiger partial charge in [0.1, 0.15) is 0 Å². The second-order valence-electron chi connectivity index (χ2n) is 3.35. The Bertz CT molecular complexity index is 226. The van der Waals surface area contributed by atoms with Crippen molar-refractivity contribution < 1.29 is 8.42 Å². The normalized spacial score (nSPS) is 12.8. The van der Waals surface area contributed by atoms with Crippen LogP contribution in [0.4, 0.5) is 0 Å². The fourth-order valence-electron chi connectivity index (χ4n) is 1.11. The highest BCUT2D eigenvalue weighted by molar-refractivity contribution is 7.89. The van der Waals surface area contributed by atoms with E-state index in [1.54, 1.807) is 0 Å². The SMILES string of the molecule is CCN(CCCl)S(=O)(=O)CC(C)C. The fourth-order valence-corrected chi connectivity index (χ4v) is 3.24. The molecule has 0 fully saturated rings. The van der Waals surface area contributed by atoms with E-state index in [4.69, 9.17) is 11.6 Å². The first-order chi connectivity index (χ1) is 5.94. The number of hydrogen-bond donors (Lipinski definition) is 0. The van der Waals surface area contributed by atoms with Gasteiger partial charge >= 0.3 is 0 Å². The summed E-state index contributed by atoms with van der Waals surface area (Å²) in [5, 5.41) is 0. The Labute approximate surface area is 86.1 Å². The van der Waals surface area contributed by atoms with Crippen LogP contribution in [-0.4, -0.2) is 37.4 Å². The van der Waals surface area contributed by atoms with E-state index in [1.807, 2.05) is 20.8 Å². The molecule has 0 saturated heterocycles. The Balaban J connectivity index is 4.39. The zero-order valence-electron chi connectivity index (χ0n) is 8.46. The largest absolute Gasteiger partial charge is 0.214 e. The number of rotatable bonds is 6. The Morgan fingerprint density at radius 1 is 1.38 bits per heavy atom. The van der Waals surface area contributed by atoms with Crippen LogP contribution in [0, 0.1) is 5.92 Å². The predicted octanol–water partition coefficient (Wildman–Crippen LogP) is 1.53. The molecule has 0 bridgehead atoms. The van der Waals surface area contributed by atoms with Gasteiger partial charge in [0.25, 0.3) is 0 Å². The van der Waals surface area contributed by atoms with Gasteiger partial charge in [0.05, 0.1) is 5.75 Å². The van der Waals surface area contributed by atoms with Crippen molar-refractivity contribution >= 4 is 21.6 Å². The summed E-state index contributed by atoms with van der Waals surface area (Å²) in [7, 11) is -3.08. The first kappa shape index (κ1) is 13.2. The Kier molecular flexibility index (Phi) is 5.92. The Hall–Kier alpha value is 0.200. The summed E-state index contributed by atoms with van der Waals surface area (Å²) < 4.78 is 24.7. The lowest BCUT2D eigenvalue weighted by molar-refractivity contribution is 0.441. The summed E-state index contributed by atoms with van der Waals surface area (Å²) in [6, 6.07) is 0. The van der Waals surface area contributed by atoms with Gasteiger partial charge in [-0.2, -0.15) is 0 Å². The van der Waals surface area contributed by atoms with Crippen molar-refractivity contribution in [3.63, 3.8) is 0 Å². The van der Waals surface area contributed by atoms with Gasteiger partial charge in [-0.05, 0) is 5.92 Å². The monoisotopic (exact) mass is 227 g/mol. The quantitative estimate of drug-likeness (QED) is 0.646. The van der Waals surface area contributed by atoms with Crippen molar-refractivity contribution in [2.45, 2.75) is 20.8 Å². The van der Waals surface area contributed by atoms with Gasteiger partial charge in [0.2, 0.25) is 10.0 Å². The van der Waals surface area contributed by atoms with Gasteiger partial charge < -0.3 is 0 Å². The third-order valence-corrected chi connectivity index (χ3v) is 4.11. The summed E-state index contributed by atoms with van der Waals surface area (Å²) in [6.07, 6.45) is 0. The van der Waals surface area contributed by atoms with Crippen molar-refractivity contribution in [2.24, 2.45) is 5.92 Å². The molecular formula is C8H18ClNO2S. The van der Waals surface area contributed by atoms with E-state index >= 15 is 0 Å². The van der Waals surface area contributed by atoms with E-state index in [1.165, 1.54) is 4.31 Å². The highest BCUT2D eigenvalue weighted by Gasteiger charge is 2.20. The van der Waals surface area contributed by atoms with Gasteiger partial charge in [-0.15, -0.1) is 11.6 Å². The number of nitrogens with zero attached hydrogens (tertiary/aromatic N) is 1. The minimum Gasteiger partial charge on any atom is -0.212 e. The van der Waals surface area contributed by atoms with Gasteiger partial charge in [0, 0.05) is 19.0 Å². The smallest absolute Gasteiger partial charge is 0.212 e. The first-order valence-corrected chi connectivity index (χ1v) is 6.62. The molecule has 0 aromatic rings. The average Bonchev–Trinajstić information content (AvgIpc) is 1.97. The predicted molar refractivity (Wildman–Crippen MR) is 56.6 cm³/mol. The Morgan fingerprint density at radius 2 is 1.92 bits per heavy atom. The van der Waals surface area contributed by atoms with E-state index in [-0.39, 0.29) is 11.7 Å². The number of hydrogen-bond acceptors (Lipinski definition) is 2. The molecule has 13 heavy (non-hydrogen) atoms. The highest BCUT2D eigenvalue weighted by Crippen LogP contribution is 2.06. The lowest BCUT2D eigenvalue weighted by atomic mass is 10.3. The highest BCUT2D eigenvalue weighted by atomic mass is 35.5. The molecular weight excluding hydrogens is 210 g/mol. The van der Waals surface area contributed by atoms with E-state index < -0.39 is 10.0 Å². The zero-order chi connectivity index (χ0) is 10.5. The maximum Gasteiger partial charge on any atom is 0.214 e. The molecule has 0 spiro atoms. The van der Waals surface area contributed by atoms with Crippen molar-refractivity contribution in [1.82, 2.24) is 4.31 Å². The molecule has 5 heteroatoms. The van der Waals surface area contributed by atoms with Crippen LogP contribution in [0.2, 0.25) is 0 Å². The molecule has 0 aliphatic carbocycles. The van der Waals surface area contributed by atoms with Crippen molar-refractivity contribution in [3.05, 3.63) is 0 Å². The van der Waals surface area contributed by atoms with Crippen LogP contribution in [0.25, 0.3) is 0 Å². The van der Waals surface area contributed by atoms with Crippen LogP contribution in [0.1, 0.15) is 20.8 Å². The molecule has 0 unspecified atom stereocenters. The van der Waals surface area contributed by atoms with Crippen LogP contribution in [-0.2, 0) is 10.0 Å². The molecule has 0 heterocycles. The van der Waals surface area contributed by atoms with E-state index in [2.05, 4.69) is 0 Å². The molecule has 3 nitrogen and oxygen atoms in total. The summed E-state index contributed by atoms with van der Waals surface area (Å²) in [5.41, 5.74) is 0. The molecule has 0 saturated carbocycles. The maximum absolute atomic E-state index is 11.6. The molecule has 0 rings (SSSR count). The summed E-state index contributed by atoms with van der Waals surface area (Å²) in [6.45, 7) is 6.53. The van der Waals surface area contributed by atoms with Gasteiger partial charge in [-0.3, -0.25) is 0 Å². The van der Waals surface area contributed by atoms with Crippen molar-refractivity contribution in [2.75, 3.05) is 24.7 Å². The summed E-state index contributed by atoms with van der Waals surface area (Å²) >= 11 is 5.51. The summed E-state index contributed by atoms with van der Waals surface area (Å²) in [5.74, 6) is 0.720. The molecule has 0 aliphatic heterocycles. The van der Waals surface area contributed by atoms with Crippen LogP contribution in [0.3, 0.4) is 0 Å². The fraction of sp³-hybridized carbons (Fsp3) is 1.00. The second-order valence-corrected chi connectivity index (χ2v) is 5.74. The molecule has 0 atom stereocenters. The van der Waals surface area contributed by atoms with Gasteiger partial charge in [-0.1, -0.05) is 20.8 Å².